The second-order valence-electron chi connectivity index (χ2n) is 11.6. The highest BCUT2D eigenvalue weighted by Crippen LogP contribution is 2.47. The van der Waals surface area contributed by atoms with Crippen LogP contribution >= 0.6 is 0 Å². The highest BCUT2D eigenvalue weighted by molar-refractivity contribution is 6.23. The first kappa shape index (κ1) is 29.0. The fourth-order valence-electron chi connectivity index (χ4n) is 6.67. The van der Waals surface area contributed by atoms with Crippen molar-refractivity contribution in [3.05, 3.63) is 103 Å². The molecular weight excluding hydrogens is 570 g/mol. The van der Waals surface area contributed by atoms with Crippen LogP contribution in [0.4, 0.5) is 5.69 Å². The van der Waals surface area contributed by atoms with Gasteiger partial charge in [-0.25, -0.2) is 0 Å². The van der Waals surface area contributed by atoms with Crippen LogP contribution in [0.2, 0.25) is 0 Å². The average molecular weight is 604 g/mol. The summed E-state index contributed by atoms with van der Waals surface area (Å²) in [7, 11) is 0. The Labute approximate surface area is 260 Å². The van der Waals surface area contributed by atoms with Crippen molar-refractivity contribution in [1.82, 2.24) is 0 Å². The third-order valence-corrected chi connectivity index (χ3v) is 8.69. The quantitative estimate of drug-likeness (QED) is 0.117. The van der Waals surface area contributed by atoms with Crippen molar-refractivity contribution in [3.63, 3.8) is 0 Å². The summed E-state index contributed by atoms with van der Waals surface area (Å²) in [6, 6.07) is 32.3. The SMILES string of the molecule is CC(=O)OC[C@H]1O[C@H](O[C@@H]2C(=O)N(c3cc4c5ccccc5ccc4c4ccccc34)[C@H]2c2ccccc2)CC[C@H]1OC(C)=O. The highest BCUT2D eigenvalue weighted by atomic mass is 16.7. The monoisotopic (exact) mass is 603 g/mol. The number of benzene rings is 5. The molecule has 2 aliphatic heterocycles. The van der Waals surface area contributed by atoms with Gasteiger partial charge in [-0.05, 0) is 45.0 Å². The Bertz CT molecular complexity index is 1920. The summed E-state index contributed by atoms with van der Waals surface area (Å²) in [5, 5.41) is 6.50. The Morgan fingerprint density at radius 2 is 1.47 bits per heavy atom. The molecule has 1 amide bonds. The Balaban J connectivity index is 1.26. The van der Waals surface area contributed by atoms with Crippen molar-refractivity contribution < 1.29 is 33.3 Å². The normalized spacial score (nSPS) is 23.2. The zero-order valence-electron chi connectivity index (χ0n) is 25.1. The van der Waals surface area contributed by atoms with Crippen LogP contribution in [-0.2, 0) is 33.3 Å². The van der Waals surface area contributed by atoms with Crippen LogP contribution in [0, 0.1) is 0 Å². The third kappa shape index (κ3) is 5.41. The van der Waals surface area contributed by atoms with E-state index in [-0.39, 0.29) is 12.5 Å². The predicted octanol–water partition coefficient (Wildman–Crippen LogP) is 6.62. The fourth-order valence-corrected chi connectivity index (χ4v) is 6.67. The van der Waals surface area contributed by atoms with Crippen LogP contribution in [0.5, 0.6) is 0 Å². The standard InChI is InChI=1S/C37H33NO7/c1-22(39)42-21-33-32(43-23(2)40)18-19-34(44-33)45-36-35(25-11-4-3-5-12-25)38(37(36)41)31-20-30-26-13-7-6-10-24(26)16-17-28(30)27-14-8-9-15-29(27)31/h3-17,20,32-36H,18-19,21H2,1-2H3/t32-,33-,34-,35+,36+/m1/s1. The minimum absolute atomic E-state index is 0.0863. The number of carbonyl (C=O) groups excluding carboxylic acids is 3. The van der Waals surface area contributed by atoms with E-state index in [0.717, 1.165) is 43.6 Å². The maximum Gasteiger partial charge on any atom is 0.302 e. The zero-order chi connectivity index (χ0) is 31.1. The van der Waals surface area contributed by atoms with Crippen LogP contribution in [-0.4, -0.2) is 49.1 Å². The van der Waals surface area contributed by atoms with Gasteiger partial charge in [-0.3, -0.25) is 19.3 Å². The maximum absolute atomic E-state index is 14.2. The van der Waals surface area contributed by atoms with Crippen LogP contribution in [0.25, 0.3) is 32.3 Å². The minimum atomic E-state index is -0.806. The first-order valence-electron chi connectivity index (χ1n) is 15.2. The molecular formula is C37H33NO7. The van der Waals surface area contributed by atoms with Gasteiger partial charge in [0.2, 0.25) is 0 Å². The minimum Gasteiger partial charge on any atom is -0.463 e. The van der Waals surface area contributed by atoms with Crippen LogP contribution < -0.4 is 4.90 Å². The lowest BCUT2D eigenvalue weighted by Crippen LogP contribution is -2.62. The van der Waals surface area contributed by atoms with Gasteiger partial charge < -0.3 is 18.9 Å². The van der Waals surface area contributed by atoms with Crippen molar-refractivity contribution in [2.45, 2.75) is 57.3 Å². The maximum atomic E-state index is 14.2. The molecule has 5 aromatic rings. The van der Waals surface area contributed by atoms with E-state index in [2.05, 4.69) is 42.5 Å². The van der Waals surface area contributed by atoms with E-state index in [9.17, 15) is 14.4 Å². The van der Waals surface area contributed by atoms with Crippen LogP contribution in [0.1, 0.15) is 38.3 Å². The topological polar surface area (TPSA) is 91.4 Å². The Hall–Kier alpha value is -4.79. The molecule has 2 fully saturated rings. The highest BCUT2D eigenvalue weighted by Gasteiger charge is 2.52. The second kappa shape index (κ2) is 12.0. The van der Waals surface area contributed by atoms with Gasteiger partial charge in [-0.1, -0.05) is 91.0 Å². The molecule has 7 rings (SSSR count). The molecule has 228 valence electrons. The van der Waals surface area contributed by atoms with Gasteiger partial charge in [-0.15, -0.1) is 0 Å². The Morgan fingerprint density at radius 1 is 0.778 bits per heavy atom. The van der Waals surface area contributed by atoms with E-state index in [4.69, 9.17) is 18.9 Å². The van der Waals surface area contributed by atoms with Crippen LogP contribution in [0.3, 0.4) is 0 Å². The third-order valence-electron chi connectivity index (χ3n) is 8.69. The van der Waals surface area contributed by atoms with Gasteiger partial charge in [0.05, 0.1) is 11.7 Å². The summed E-state index contributed by atoms with van der Waals surface area (Å²) >= 11 is 0. The number of anilines is 1. The molecule has 45 heavy (non-hydrogen) atoms. The number of amides is 1. The van der Waals surface area contributed by atoms with Gasteiger partial charge in [0, 0.05) is 25.7 Å². The number of fused-ring (bicyclic) bond motifs is 5. The Kier molecular flexibility index (Phi) is 7.69. The molecule has 0 bridgehead atoms. The van der Waals surface area contributed by atoms with Crippen molar-refractivity contribution in [1.29, 1.82) is 0 Å². The molecule has 0 aromatic heterocycles. The van der Waals surface area contributed by atoms with E-state index in [1.165, 1.54) is 13.8 Å². The molecule has 2 heterocycles. The molecule has 0 radical (unpaired) electrons. The first-order chi connectivity index (χ1) is 21.9. The molecule has 5 atom stereocenters. The summed E-state index contributed by atoms with van der Waals surface area (Å²) in [4.78, 5) is 39.2. The summed E-state index contributed by atoms with van der Waals surface area (Å²) in [6.45, 7) is 2.55. The number of rotatable bonds is 7. The molecule has 0 saturated carbocycles. The lowest BCUT2D eigenvalue weighted by molar-refractivity contribution is -0.255. The molecule has 0 aliphatic carbocycles. The lowest BCUT2D eigenvalue weighted by Gasteiger charge is -2.49. The number of hydrogen-bond donors (Lipinski definition) is 0. The van der Waals surface area contributed by atoms with E-state index in [1.54, 1.807) is 0 Å². The summed E-state index contributed by atoms with van der Waals surface area (Å²) < 4.78 is 23.2. The fraction of sp³-hybridized carbons (Fsp3) is 0.270. The predicted molar refractivity (Wildman–Crippen MR) is 171 cm³/mol. The largest absolute Gasteiger partial charge is 0.463 e. The number of ether oxygens (including phenoxy) is 4. The molecule has 0 unspecified atom stereocenters. The van der Waals surface area contributed by atoms with E-state index in [1.807, 2.05) is 59.5 Å². The number of β-lactam (4-membered cyclic amide) rings is 1. The number of nitrogens with zero attached hydrogens (tertiary/aromatic N) is 1. The summed E-state index contributed by atoms with van der Waals surface area (Å²) in [6.07, 6.45) is -2.00. The smallest absolute Gasteiger partial charge is 0.302 e. The van der Waals surface area contributed by atoms with Gasteiger partial charge in [0.1, 0.15) is 18.8 Å². The molecule has 0 spiro atoms. The molecule has 2 aliphatic rings. The molecule has 5 aromatic carbocycles. The summed E-state index contributed by atoms with van der Waals surface area (Å²) in [5.74, 6) is -1.08. The number of carbonyl (C=O) groups is 3. The van der Waals surface area contributed by atoms with Gasteiger partial charge in [0.15, 0.2) is 12.4 Å². The first-order valence-corrected chi connectivity index (χ1v) is 15.2. The number of hydrogen-bond acceptors (Lipinski definition) is 7. The average Bonchev–Trinajstić information content (AvgIpc) is 3.05. The Morgan fingerprint density at radius 3 is 2.22 bits per heavy atom. The zero-order valence-corrected chi connectivity index (χ0v) is 25.1. The van der Waals surface area contributed by atoms with E-state index in [0.29, 0.717) is 12.8 Å². The molecule has 0 N–H and O–H groups in total. The van der Waals surface area contributed by atoms with Crippen molar-refractivity contribution in [2.75, 3.05) is 11.5 Å². The number of esters is 2. The van der Waals surface area contributed by atoms with Crippen molar-refractivity contribution in [3.8, 4) is 0 Å². The molecule has 2 saturated heterocycles. The van der Waals surface area contributed by atoms with Gasteiger partial charge in [0.25, 0.3) is 5.91 Å². The van der Waals surface area contributed by atoms with E-state index >= 15 is 0 Å². The van der Waals surface area contributed by atoms with Crippen molar-refractivity contribution in [2.24, 2.45) is 0 Å². The van der Waals surface area contributed by atoms with Gasteiger partial charge >= 0.3 is 11.9 Å². The van der Waals surface area contributed by atoms with Crippen LogP contribution in [0.15, 0.2) is 97.1 Å². The lowest BCUT2D eigenvalue weighted by atomic mass is 9.87. The van der Waals surface area contributed by atoms with Crippen molar-refractivity contribution >= 4 is 55.9 Å². The summed E-state index contributed by atoms with van der Waals surface area (Å²) in [5.41, 5.74) is 1.76. The molecule has 8 heteroatoms. The van der Waals surface area contributed by atoms with Gasteiger partial charge in [-0.2, -0.15) is 0 Å². The second-order valence-corrected chi connectivity index (χ2v) is 11.6. The molecule has 8 nitrogen and oxygen atoms in total. The van der Waals surface area contributed by atoms with E-state index < -0.39 is 42.6 Å².